The fraction of sp³-hybridized carbons (Fsp3) is 0.417. The maximum Gasteiger partial charge on any atom is 0.235 e. The molecule has 84 valence electrons. The minimum atomic E-state index is -0.513. The first-order valence-corrected chi connectivity index (χ1v) is 5.06. The number of aliphatic imine (C=N–C) groups is 1. The Labute approximate surface area is 93.9 Å². The lowest BCUT2D eigenvalue weighted by Gasteiger charge is -2.30. The summed E-state index contributed by atoms with van der Waals surface area (Å²) < 4.78 is 10.7. The van der Waals surface area contributed by atoms with E-state index >= 15 is 0 Å². The summed E-state index contributed by atoms with van der Waals surface area (Å²) >= 11 is 0. The van der Waals surface area contributed by atoms with Crippen LogP contribution in [0, 0.1) is 0 Å². The van der Waals surface area contributed by atoms with Crippen LogP contribution in [0.2, 0.25) is 0 Å². The molecule has 1 aliphatic rings. The number of nitrogens with zero attached hydrogens (tertiary/aromatic N) is 1. The fourth-order valence-electron chi connectivity index (χ4n) is 1.84. The van der Waals surface area contributed by atoms with Crippen LogP contribution in [0.3, 0.4) is 0 Å². The van der Waals surface area contributed by atoms with Crippen LogP contribution in [0.4, 0.5) is 0 Å². The lowest BCUT2D eigenvalue weighted by molar-refractivity contribution is 0.205. The van der Waals surface area contributed by atoms with Gasteiger partial charge >= 0.3 is 0 Å². The van der Waals surface area contributed by atoms with E-state index in [0.29, 0.717) is 13.0 Å². The summed E-state index contributed by atoms with van der Waals surface area (Å²) in [6.07, 6.45) is 2.26. The summed E-state index contributed by atoms with van der Waals surface area (Å²) in [6, 6.07) is 5.63. The first kappa shape index (κ1) is 10.7. The van der Waals surface area contributed by atoms with Crippen molar-refractivity contribution in [3.05, 3.63) is 23.8 Å². The molecule has 0 bridgehead atoms. The maximum atomic E-state index is 10.3. The van der Waals surface area contributed by atoms with Crippen LogP contribution in [-0.4, -0.2) is 25.3 Å². The van der Waals surface area contributed by atoms with Gasteiger partial charge in [-0.05, 0) is 25.1 Å². The molecule has 0 saturated carbocycles. The Morgan fingerprint density at radius 3 is 3.06 bits per heavy atom. The van der Waals surface area contributed by atoms with Gasteiger partial charge in [0, 0.05) is 12.0 Å². The van der Waals surface area contributed by atoms with Crippen molar-refractivity contribution in [2.45, 2.75) is 18.9 Å². The molecule has 4 heteroatoms. The predicted octanol–water partition coefficient (Wildman–Crippen LogP) is 1.72. The van der Waals surface area contributed by atoms with Crippen molar-refractivity contribution in [1.82, 2.24) is 0 Å². The zero-order chi connectivity index (χ0) is 11.6. The van der Waals surface area contributed by atoms with E-state index in [1.54, 1.807) is 13.2 Å². The number of carbonyl (C=O) groups excluding carboxylic acids is 1. The van der Waals surface area contributed by atoms with Crippen LogP contribution in [0.5, 0.6) is 11.5 Å². The molecule has 0 radical (unpaired) electrons. The third-order valence-electron chi connectivity index (χ3n) is 2.69. The van der Waals surface area contributed by atoms with Crippen molar-refractivity contribution in [2.24, 2.45) is 4.99 Å². The molecule has 0 fully saturated rings. The van der Waals surface area contributed by atoms with Gasteiger partial charge in [0.1, 0.15) is 23.6 Å². The molecular formula is C12H13NO3. The summed E-state index contributed by atoms with van der Waals surface area (Å²) in [7, 11) is 1.62. The van der Waals surface area contributed by atoms with E-state index < -0.39 is 5.54 Å². The van der Waals surface area contributed by atoms with Crippen molar-refractivity contribution < 1.29 is 14.3 Å². The van der Waals surface area contributed by atoms with Crippen molar-refractivity contribution in [3.8, 4) is 11.5 Å². The van der Waals surface area contributed by atoms with Gasteiger partial charge in [0.2, 0.25) is 6.08 Å². The standard InChI is InChI=1S/C12H13NO3/c1-12(13-8-14)6-9-5-10(15-2)3-4-11(9)16-7-12/h3-5H,6-7H2,1-2H3. The molecule has 0 aliphatic carbocycles. The van der Waals surface area contributed by atoms with Gasteiger partial charge in [-0.25, -0.2) is 4.79 Å². The minimum absolute atomic E-state index is 0.404. The molecule has 0 saturated heterocycles. The van der Waals surface area contributed by atoms with E-state index in [4.69, 9.17) is 9.47 Å². The van der Waals surface area contributed by atoms with Crippen LogP contribution in [0.15, 0.2) is 23.2 Å². The Kier molecular flexibility index (Phi) is 2.67. The van der Waals surface area contributed by atoms with Gasteiger partial charge in [-0.3, -0.25) is 0 Å². The highest BCUT2D eigenvalue weighted by molar-refractivity contribution is 5.44. The molecular weight excluding hydrogens is 206 g/mol. The normalized spacial score (nSPS) is 22.6. The third-order valence-corrected chi connectivity index (χ3v) is 2.69. The average Bonchev–Trinajstić information content (AvgIpc) is 2.28. The molecule has 0 amide bonds. The highest BCUT2D eigenvalue weighted by Gasteiger charge is 2.31. The van der Waals surface area contributed by atoms with Gasteiger partial charge in [-0.2, -0.15) is 4.99 Å². The Morgan fingerprint density at radius 1 is 1.56 bits per heavy atom. The fourth-order valence-corrected chi connectivity index (χ4v) is 1.84. The Hall–Kier alpha value is -1.80. The number of isocyanates is 1. The third kappa shape index (κ3) is 1.92. The predicted molar refractivity (Wildman–Crippen MR) is 58.7 cm³/mol. The van der Waals surface area contributed by atoms with Gasteiger partial charge in [-0.15, -0.1) is 0 Å². The summed E-state index contributed by atoms with van der Waals surface area (Å²) in [5.74, 6) is 1.61. The van der Waals surface area contributed by atoms with Crippen molar-refractivity contribution in [3.63, 3.8) is 0 Å². The summed E-state index contributed by atoms with van der Waals surface area (Å²) in [5, 5.41) is 0. The number of methoxy groups -OCH3 is 1. The Morgan fingerprint density at radius 2 is 2.38 bits per heavy atom. The SMILES string of the molecule is COc1ccc2c(c1)CC(C)(N=C=O)CO2. The maximum absolute atomic E-state index is 10.3. The number of fused-ring (bicyclic) bond motifs is 1. The second kappa shape index (κ2) is 3.99. The first-order chi connectivity index (χ1) is 7.67. The summed E-state index contributed by atoms with van der Waals surface area (Å²) in [5.41, 5.74) is 0.494. The minimum Gasteiger partial charge on any atom is -0.497 e. The van der Waals surface area contributed by atoms with E-state index in [-0.39, 0.29) is 0 Å². The van der Waals surface area contributed by atoms with Gasteiger partial charge in [0.25, 0.3) is 0 Å². The lowest BCUT2D eigenvalue weighted by atomic mass is 9.91. The molecule has 4 nitrogen and oxygen atoms in total. The molecule has 1 aliphatic heterocycles. The van der Waals surface area contributed by atoms with Crippen LogP contribution in [0.1, 0.15) is 12.5 Å². The molecule has 2 rings (SSSR count). The Balaban J connectivity index is 2.34. The van der Waals surface area contributed by atoms with Crippen LogP contribution < -0.4 is 9.47 Å². The zero-order valence-electron chi connectivity index (χ0n) is 9.32. The lowest BCUT2D eigenvalue weighted by Crippen LogP contribution is -2.36. The van der Waals surface area contributed by atoms with Gasteiger partial charge in [0.05, 0.1) is 7.11 Å². The van der Waals surface area contributed by atoms with E-state index in [0.717, 1.165) is 17.1 Å². The average molecular weight is 219 g/mol. The summed E-state index contributed by atoms with van der Waals surface area (Å²) in [6.45, 7) is 2.28. The molecule has 1 aromatic carbocycles. The van der Waals surface area contributed by atoms with Gasteiger partial charge < -0.3 is 9.47 Å². The molecule has 1 aromatic rings. The molecule has 1 unspecified atom stereocenters. The topological polar surface area (TPSA) is 47.9 Å². The molecule has 16 heavy (non-hydrogen) atoms. The number of rotatable bonds is 2. The van der Waals surface area contributed by atoms with Crippen LogP contribution in [0.25, 0.3) is 0 Å². The molecule has 0 aromatic heterocycles. The highest BCUT2D eigenvalue weighted by Crippen LogP contribution is 2.33. The van der Waals surface area contributed by atoms with E-state index in [1.807, 2.05) is 25.1 Å². The number of hydrogen-bond donors (Lipinski definition) is 0. The second-order valence-electron chi connectivity index (χ2n) is 4.14. The van der Waals surface area contributed by atoms with Crippen LogP contribution in [-0.2, 0) is 11.2 Å². The molecule has 1 heterocycles. The smallest absolute Gasteiger partial charge is 0.235 e. The molecule has 1 atom stereocenters. The van der Waals surface area contributed by atoms with E-state index in [9.17, 15) is 4.79 Å². The highest BCUT2D eigenvalue weighted by atomic mass is 16.5. The number of ether oxygens (including phenoxy) is 2. The number of hydrogen-bond acceptors (Lipinski definition) is 4. The quantitative estimate of drug-likeness (QED) is 0.562. The summed E-state index contributed by atoms with van der Waals surface area (Å²) in [4.78, 5) is 14.1. The second-order valence-corrected chi connectivity index (χ2v) is 4.14. The number of benzene rings is 1. The van der Waals surface area contributed by atoms with Crippen LogP contribution >= 0.6 is 0 Å². The van der Waals surface area contributed by atoms with Gasteiger partial charge in [-0.1, -0.05) is 0 Å². The van der Waals surface area contributed by atoms with E-state index in [2.05, 4.69) is 4.99 Å². The van der Waals surface area contributed by atoms with Gasteiger partial charge in [0.15, 0.2) is 0 Å². The van der Waals surface area contributed by atoms with Crippen molar-refractivity contribution in [1.29, 1.82) is 0 Å². The first-order valence-electron chi connectivity index (χ1n) is 5.06. The molecule has 0 N–H and O–H groups in total. The largest absolute Gasteiger partial charge is 0.497 e. The van der Waals surface area contributed by atoms with Crippen molar-refractivity contribution in [2.75, 3.05) is 13.7 Å². The van der Waals surface area contributed by atoms with Crippen molar-refractivity contribution >= 4 is 6.08 Å². The monoisotopic (exact) mass is 219 g/mol. The Bertz CT molecular complexity index is 452. The molecule has 0 spiro atoms. The zero-order valence-corrected chi connectivity index (χ0v) is 9.32. The van der Waals surface area contributed by atoms with E-state index in [1.165, 1.54) is 0 Å².